The van der Waals surface area contributed by atoms with Crippen molar-refractivity contribution in [3.05, 3.63) is 72.3 Å². The Bertz CT molecular complexity index is 1000. The molecule has 0 bridgehead atoms. The number of aromatic nitrogens is 3. The molecule has 0 radical (unpaired) electrons. The van der Waals surface area contributed by atoms with E-state index < -0.39 is 0 Å². The maximum absolute atomic E-state index is 5.23. The number of ether oxygens (including phenoxy) is 1. The molecular weight excluding hydrogens is 312 g/mol. The summed E-state index contributed by atoms with van der Waals surface area (Å²) < 4.78 is 5.23. The molecule has 0 fully saturated rings. The predicted molar refractivity (Wildman–Crippen MR) is 99.9 cm³/mol. The first kappa shape index (κ1) is 15.2. The number of anilines is 2. The average Bonchev–Trinajstić information content (AvgIpc) is 3.07. The van der Waals surface area contributed by atoms with Gasteiger partial charge in [0.05, 0.1) is 12.8 Å². The number of benzene rings is 3. The second kappa shape index (κ2) is 6.28. The van der Waals surface area contributed by atoms with Crippen molar-refractivity contribution in [2.45, 2.75) is 6.92 Å². The molecule has 0 aliphatic heterocycles. The molecular formula is C20H18N4O. The third-order valence-electron chi connectivity index (χ3n) is 4.03. The summed E-state index contributed by atoms with van der Waals surface area (Å²) in [4.78, 5) is 1.64. The fourth-order valence-electron chi connectivity index (χ4n) is 2.62. The van der Waals surface area contributed by atoms with Crippen molar-refractivity contribution in [1.82, 2.24) is 15.0 Å². The highest BCUT2D eigenvalue weighted by molar-refractivity contribution is 5.75. The maximum atomic E-state index is 5.23. The standard InChI is InChI=1S/C20H18N4O/c1-14-3-5-15(6-4-14)21-16-7-9-17(10-8-16)24-22-19-12-11-18(25-2)13-20(19)23-24/h3-13,21H,1-2H3. The van der Waals surface area contributed by atoms with Crippen molar-refractivity contribution in [1.29, 1.82) is 0 Å². The van der Waals surface area contributed by atoms with Crippen LogP contribution >= 0.6 is 0 Å². The van der Waals surface area contributed by atoms with Crippen LogP contribution in [0.2, 0.25) is 0 Å². The molecule has 1 heterocycles. The van der Waals surface area contributed by atoms with Crippen LogP contribution in [0.5, 0.6) is 5.75 Å². The van der Waals surface area contributed by atoms with Crippen LogP contribution in [0.1, 0.15) is 5.56 Å². The number of nitrogens with zero attached hydrogens (tertiary/aromatic N) is 3. The molecule has 0 aliphatic rings. The third-order valence-corrected chi connectivity index (χ3v) is 4.03. The van der Waals surface area contributed by atoms with Gasteiger partial charge in [-0.2, -0.15) is 4.80 Å². The summed E-state index contributed by atoms with van der Waals surface area (Å²) in [6.07, 6.45) is 0. The molecule has 4 aromatic rings. The van der Waals surface area contributed by atoms with Gasteiger partial charge in [0.15, 0.2) is 0 Å². The van der Waals surface area contributed by atoms with Gasteiger partial charge in [0.1, 0.15) is 16.8 Å². The molecule has 0 unspecified atom stereocenters. The van der Waals surface area contributed by atoms with Crippen molar-refractivity contribution in [3.63, 3.8) is 0 Å². The van der Waals surface area contributed by atoms with E-state index in [0.717, 1.165) is 33.8 Å². The highest BCUT2D eigenvalue weighted by Crippen LogP contribution is 2.21. The summed E-state index contributed by atoms with van der Waals surface area (Å²) in [6.45, 7) is 2.08. The van der Waals surface area contributed by atoms with Gasteiger partial charge in [0, 0.05) is 17.4 Å². The van der Waals surface area contributed by atoms with E-state index in [2.05, 4.69) is 46.7 Å². The van der Waals surface area contributed by atoms with Crippen LogP contribution in [0.25, 0.3) is 16.7 Å². The minimum Gasteiger partial charge on any atom is -0.497 e. The molecule has 25 heavy (non-hydrogen) atoms. The first-order valence-corrected chi connectivity index (χ1v) is 8.06. The van der Waals surface area contributed by atoms with Gasteiger partial charge in [-0.1, -0.05) is 17.7 Å². The molecule has 3 aromatic carbocycles. The molecule has 0 spiro atoms. The Morgan fingerprint density at radius 3 is 2.12 bits per heavy atom. The molecule has 0 saturated carbocycles. The fraction of sp³-hybridized carbons (Fsp3) is 0.100. The normalized spacial score (nSPS) is 10.8. The van der Waals surface area contributed by atoms with Crippen molar-refractivity contribution in [2.24, 2.45) is 0 Å². The van der Waals surface area contributed by atoms with Gasteiger partial charge in [0.25, 0.3) is 0 Å². The van der Waals surface area contributed by atoms with Gasteiger partial charge in [-0.3, -0.25) is 0 Å². The van der Waals surface area contributed by atoms with Crippen LogP contribution < -0.4 is 10.1 Å². The highest BCUT2D eigenvalue weighted by atomic mass is 16.5. The van der Waals surface area contributed by atoms with E-state index >= 15 is 0 Å². The molecule has 4 rings (SSSR count). The van der Waals surface area contributed by atoms with Crippen LogP contribution in [0.3, 0.4) is 0 Å². The van der Waals surface area contributed by atoms with Gasteiger partial charge >= 0.3 is 0 Å². The zero-order chi connectivity index (χ0) is 17.2. The summed E-state index contributed by atoms with van der Waals surface area (Å²) in [5.41, 5.74) is 5.88. The fourth-order valence-corrected chi connectivity index (χ4v) is 2.62. The van der Waals surface area contributed by atoms with E-state index in [4.69, 9.17) is 4.74 Å². The van der Waals surface area contributed by atoms with Crippen LogP contribution in [0, 0.1) is 6.92 Å². The lowest BCUT2D eigenvalue weighted by molar-refractivity contribution is 0.415. The zero-order valence-corrected chi connectivity index (χ0v) is 14.1. The first-order chi connectivity index (χ1) is 12.2. The minimum absolute atomic E-state index is 0.775. The molecule has 5 heteroatoms. The summed E-state index contributed by atoms with van der Waals surface area (Å²) >= 11 is 0. The largest absolute Gasteiger partial charge is 0.497 e. The van der Waals surface area contributed by atoms with Gasteiger partial charge in [-0.05, 0) is 55.5 Å². The summed E-state index contributed by atoms with van der Waals surface area (Å²) in [7, 11) is 1.64. The SMILES string of the molecule is COc1ccc2nn(-c3ccc(Nc4ccc(C)cc4)cc3)nc2c1. The smallest absolute Gasteiger partial charge is 0.121 e. The summed E-state index contributed by atoms with van der Waals surface area (Å²) in [5, 5.41) is 12.4. The monoisotopic (exact) mass is 330 g/mol. The van der Waals surface area contributed by atoms with Crippen molar-refractivity contribution in [3.8, 4) is 11.4 Å². The van der Waals surface area contributed by atoms with Crippen molar-refractivity contribution < 1.29 is 4.74 Å². The molecule has 1 N–H and O–H groups in total. The summed E-state index contributed by atoms with van der Waals surface area (Å²) in [5.74, 6) is 0.775. The molecule has 0 atom stereocenters. The summed E-state index contributed by atoms with van der Waals surface area (Å²) in [6, 6.07) is 22.0. The maximum Gasteiger partial charge on any atom is 0.121 e. The molecule has 0 saturated heterocycles. The van der Waals surface area contributed by atoms with Gasteiger partial charge in [-0.15, -0.1) is 10.2 Å². The highest BCUT2D eigenvalue weighted by Gasteiger charge is 2.06. The molecule has 5 nitrogen and oxygen atoms in total. The number of fused-ring (bicyclic) bond motifs is 1. The number of methoxy groups -OCH3 is 1. The van der Waals surface area contributed by atoms with E-state index in [9.17, 15) is 0 Å². The van der Waals surface area contributed by atoms with Crippen LogP contribution in [-0.2, 0) is 0 Å². The van der Waals surface area contributed by atoms with Gasteiger partial charge in [0.2, 0.25) is 0 Å². The van der Waals surface area contributed by atoms with Crippen molar-refractivity contribution in [2.75, 3.05) is 12.4 Å². The number of hydrogen-bond donors (Lipinski definition) is 1. The minimum atomic E-state index is 0.775. The van der Waals surface area contributed by atoms with Gasteiger partial charge < -0.3 is 10.1 Å². The van der Waals surface area contributed by atoms with Gasteiger partial charge in [-0.25, -0.2) is 0 Å². The van der Waals surface area contributed by atoms with E-state index in [1.807, 2.05) is 42.5 Å². The Balaban J connectivity index is 1.58. The van der Waals surface area contributed by atoms with Crippen LogP contribution in [0.4, 0.5) is 11.4 Å². The third kappa shape index (κ3) is 3.17. The molecule has 0 amide bonds. The lowest BCUT2D eigenvalue weighted by Crippen LogP contribution is -1.98. The van der Waals surface area contributed by atoms with E-state index in [-0.39, 0.29) is 0 Å². The topological polar surface area (TPSA) is 52.0 Å². The Hall–Kier alpha value is -3.34. The molecule has 0 aliphatic carbocycles. The number of aryl methyl sites for hydroxylation is 1. The molecule has 124 valence electrons. The van der Waals surface area contributed by atoms with Crippen LogP contribution in [0.15, 0.2) is 66.7 Å². The second-order valence-electron chi connectivity index (χ2n) is 5.88. The lowest BCUT2D eigenvalue weighted by Gasteiger charge is -2.07. The lowest BCUT2D eigenvalue weighted by atomic mass is 10.2. The Morgan fingerprint density at radius 1 is 0.800 bits per heavy atom. The second-order valence-corrected chi connectivity index (χ2v) is 5.88. The van der Waals surface area contributed by atoms with E-state index in [0.29, 0.717) is 0 Å². The Labute approximate surface area is 145 Å². The Kier molecular flexibility index (Phi) is 3.82. The predicted octanol–water partition coefficient (Wildman–Crippen LogP) is 4.48. The first-order valence-electron chi connectivity index (χ1n) is 8.06. The molecule has 1 aromatic heterocycles. The number of rotatable bonds is 4. The Morgan fingerprint density at radius 2 is 1.44 bits per heavy atom. The van der Waals surface area contributed by atoms with Crippen molar-refractivity contribution >= 4 is 22.4 Å². The van der Waals surface area contributed by atoms with Crippen LogP contribution in [-0.4, -0.2) is 22.1 Å². The van der Waals surface area contributed by atoms with E-state index in [1.165, 1.54) is 5.56 Å². The van der Waals surface area contributed by atoms with E-state index in [1.54, 1.807) is 11.9 Å². The number of nitrogens with one attached hydrogen (secondary N) is 1. The average molecular weight is 330 g/mol. The quantitative estimate of drug-likeness (QED) is 0.599. The number of hydrogen-bond acceptors (Lipinski definition) is 4. The zero-order valence-electron chi connectivity index (χ0n) is 14.1.